The van der Waals surface area contributed by atoms with Crippen molar-refractivity contribution in [3.63, 3.8) is 0 Å². The highest BCUT2D eigenvalue weighted by Gasteiger charge is 2.50. The van der Waals surface area contributed by atoms with Crippen LogP contribution in [0.15, 0.2) is 4.99 Å². The van der Waals surface area contributed by atoms with E-state index in [0.717, 1.165) is 5.17 Å². The zero-order chi connectivity index (χ0) is 12.6. The van der Waals surface area contributed by atoms with E-state index in [-0.39, 0.29) is 17.6 Å². The van der Waals surface area contributed by atoms with Crippen LogP contribution in [0.25, 0.3) is 0 Å². The molecule has 0 radical (unpaired) electrons. The molecule has 2 aliphatic heterocycles. The van der Waals surface area contributed by atoms with Gasteiger partial charge >= 0.3 is 0 Å². The normalized spacial score (nSPS) is 45.5. The maximum absolute atomic E-state index is 10.1. The summed E-state index contributed by atoms with van der Waals surface area (Å²) in [6, 6.07) is -0.325. The van der Waals surface area contributed by atoms with Gasteiger partial charge in [0, 0.05) is 14.2 Å². The van der Waals surface area contributed by atoms with Gasteiger partial charge in [0.05, 0.1) is 12.1 Å². The second-order valence-electron chi connectivity index (χ2n) is 4.21. The molecule has 1 unspecified atom stereocenters. The van der Waals surface area contributed by atoms with Gasteiger partial charge < -0.3 is 25.0 Å². The Morgan fingerprint density at radius 1 is 1.47 bits per heavy atom. The summed E-state index contributed by atoms with van der Waals surface area (Å²) < 4.78 is 10.9. The van der Waals surface area contributed by atoms with Crippen molar-refractivity contribution in [1.29, 1.82) is 0 Å². The van der Waals surface area contributed by atoms with Crippen LogP contribution < -0.4 is 5.32 Å². The second-order valence-corrected chi connectivity index (χ2v) is 5.29. The molecule has 2 saturated heterocycles. The highest BCUT2D eigenvalue weighted by Crippen LogP contribution is 2.34. The fourth-order valence-electron chi connectivity index (χ4n) is 2.07. The Morgan fingerprint density at radius 2 is 2.18 bits per heavy atom. The highest BCUT2D eigenvalue weighted by molar-refractivity contribution is 8.14. The summed E-state index contributed by atoms with van der Waals surface area (Å²) in [5.41, 5.74) is -0.241. The minimum atomic E-state index is -0.962. The summed E-state index contributed by atoms with van der Waals surface area (Å²) in [7, 11) is 3.23. The summed E-state index contributed by atoms with van der Waals surface area (Å²) in [6.07, 6.45) is -2.65. The fourth-order valence-corrected chi connectivity index (χ4v) is 3.16. The molecule has 0 spiro atoms. The first-order valence-corrected chi connectivity index (χ1v) is 6.40. The van der Waals surface area contributed by atoms with Crippen LogP contribution in [-0.4, -0.2) is 65.4 Å². The molecule has 2 aliphatic rings. The number of nitrogens with one attached hydrogen (secondary N) is 1. The van der Waals surface area contributed by atoms with E-state index in [0.29, 0.717) is 0 Å². The lowest BCUT2D eigenvalue weighted by molar-refractivity contribution is -0.189. The molecule has 98 valence electrons. The number of aliphatic hydroxyl groups is 2. The maximum atomic E-state index is 10.1. The lowest BCUT2D eigenvalue weighted by Crippen LogP contribution is -2.61. The zero-order valence-electron chi connectivity index (χ0n) is 10.0. The average molecular weight is 262 g/mol. The molecular formula is C10H18N2O4S. The first kappa shape index (κ1) is 13.1. The van der Waals surface area contributed by atoms with Gasteiger partial charge in [0.1, 0.15) is 23.7 Å². The summed E-state index contributed by atoms with van der Waals surface area (Å²) >= 11 is 1.42. The number of hydrogen-bond acceptors (Lipinski definition) is 6. The van der Waals surface area contributed by atoms with Gasteiger partial charge in [-0.3, -0.25) is 4.99 Å². The molecule has 3 N–H and O–H groups in total. The van der Waals surface area contributed by atoms with Crippen molar-refractivity contribution in [1.82, 2.24) is 5.32 Å². The molecule has 17 heavy (non-hydrogen) atoms. The van der Waals surface area contributed by atoms with Crippen molar-refractivity contribution >= 4 is 16.9 Å². The van der Waals surface area contributed by atoms with Crippen molar-refractivity contribution in [2.75, 3.05) is 14.2 Å². The number of hydrogen-bond donors (Lipinski definition) is 3. The van der Waals surface area contributed by atoms with E-state index >= 15 is 0 Å². The number of fused-ring (bicyclic) bond motifs is 1. The zero-order valence-corrected chi connectivity index (χ0v) is 10.8. The van der Waals surface area contributed by atoms with Gasteiger partial charge in [0.25, 0.3) is 0 Å². The van der Waals surface area contributed by atoms with E-state index in [1.165, 1.54) is 11.8 Å². The van der Waals surface area contributed by atoms with Crippen LogP contribution in [0.1, 0.15) is 6.92 Å². The molecule has 0 aromatic rings. The fraction of sp³-hybridized carbons (Fsp3) is 0.900. The number of amidine groups is 1. The Balaban J connectivity index is 2.13. The SMILES string of the molecule is CN=C1N[C@@H]2[C@@H](O)[C@H](O)[C@@H](C(C)OC)O[C@@H]2S1. The summed E-state index contributed by atoms with van der Waals surface area (Å²) in [5, 5.41) is 23.8. The van der Waals surface area contributed by atoms with E-state index in [1.54, 1.807) is 14.2 Å². The van der Waals surface area contributed by atoms with Crippen LogP contribution in [0, 0.1) is 0 Å². The largest absolute Gasteiger partial charge is 0.388 e. The van der Waals surface area contributed by atoms with Crippen LogP contribution in [0.5, 0.6) is 0 Å². The van der Waals surface area contributed by atoms with Gasteiger partial charge in [-0.25, -0.2) is 0 Å². The van der Waals surface area contributed by atoms with Gasteiger partial charge in [-0.2, -0.15) is 0 Å². The lowest BCUT2D eigenvalue weighted by Gasteiger charge is -2.40. The molecule has 2 heterocycles. The molecule has 7 heteroatoms. The lowest BCUT2D eigenvalue weighted by atomic mass is 9.95. The number of aliphatic hydroxyl groups excluding tert-OH is 2. The van der Waals surface area contributed by atoms with Crippen molar-refractivity contribution in [2.45, 2.75) is 42.8 Å². The predicted molar refractivity (Wildman–Crippen MR) is 65.0 cm³/mol. The monoisotopic (exact) mass is 262 g/mol. The maximum Gasteiger partial charge on any atom is 0.159 e. The predicted octanol–water partition coefficient (Wildman–Crippen LogP) is -0.841. The van der Waals surface area contributed by atoms with Crippen molar-refractivity contribution in [2.24, 2.45) is 4.99 Å². The van der Waals surface area contributed by atoms with E-state index < -0.39 is 18.3 Å². The van der Waals surface area contributed by atoms with Crippen LogP contribution in [0.4, 0.5) is 0 Å². The van der Waals surface area contributed by atoms with Crippen molar-refractivity contribution in [3.8, 4) is 0 Å². The highest BCUT2D eigenvalue weighted by atomic mass is 32.2. The minimum absolute atomic E-state index is 0.241. The minimum Gasteiger partial charge on any atom is -0.388 e. The topological polar surface area (TPSA) is 83.3 Å². The molecule has 2 rings (SSSR count). The number of thioether (sulfide) groups is 1. The van der Waals surface area contributed by atoms with E-state index in [1.807, 2.05) is 6.92 Å². The standard InChI is InChI=1S/C10H18N2O4S/c1-4(15-3)8-7(14)6(13)5-9(16-8)17-10(11-2)12-5/h4-9,13-14H,1-3H3,(H,11,12)/t4?,5-,6-,7+,8-,9-/m1/s1. The quantitative estimate of drug-likeness (QED) is 0.602. The van der Waals surface area contributed by atoms with E-state index in [4.69, 9.17) is 9.47 Å². The van der Waals surface area contributed by atoms with Gasteiger partial charge in [-0.05, 0) is 6.92 Å². The number of methoxy groups -OCH3 is 1. The van der Waals surface area contributed by atoms with Gasteiger partial charge in [-0.15, -0.1) is 0 Å². The van der Waals surface area contributed by atoms with Crippen molar-refractivity contribution in [3.05, 3.63) is 0 Å². The Hall–Kier alpha value is -0.340. The molecule has 0 aromatic heterocycles. The third-order valence-corrected chi connectivity index (χ3v) is 4.35. The molecule has 0 amide bonds. The molecule has 0 aromatic carbocycles. The Labute approximate surface area is 104 Å². The second kappa shape index (κ2) is 5.11. The van der Waals surface area contributed by atoms with Crippen LogP contribution in [0.2, 0.25) is 0 Å². The third-order valence-electron chi connectivity index (χ3n) is 3.19. The number of aliphatic imine (C=N–C) groups is 1. The van der Waals surface area contributed by atoms with E-state index in [2.05, 4.69) is 10.3 Å². The summed E-state index contributed by atoms with van der Waals surface area (Å²) in [5.74, 6) is 0. The Kier molecular flexibility index (Phi) is 3.94. The molecule has 2 fully saturated rings. The van der Waals surface area contributed by atoms with Gasteiger partial charge in [-0.1, -0.05) is 11.8 Å². The molecule has 0 aliphatic carbocycles. The van der Waals surface area contributed by atoms with Gasteiger partial charge in [0.2, 0.25) is 0 Å². The molecule has 0 saturated carbocycles. The van der Waals surface area contributed by atoms with Crippen LogP contribution in [0.3, 0.4) is 0 Å². The first-order chi connectivity index (χ1) is 8.08. The Bertz CT molecular complexity index is 315. The van der Waals surface area contributed by atoms with Gasteiger partial charge in [0.15, 0.2) is 5.17 Å². The van der Waals surface area contributed by atoms with E-state index in [9.17, 15) is 10.2 Å². The number of ether oxygens (including phenoxy) is 2. The summed E-state index contributed by atoms with van der Waals surface area (Å²) in [4.78, 5) is 4.03. The molecule has 0 bridgehead atoms. The van der Waals surface area contributed by atoms with Crippen molar-refractivity contribution < 1.29 is 19.7 Å². The van der Waals surface area contributed by atoms with Crippen LogP contribution >= 0.6 is 11.8 Å². The first-order valence-electron chi connectivity index (χ1n) is 5.53. The summed E-state index contributed by atoms with van der Waals surface area (Å²) in [6.45, 7) is 1.81. The molecule has 6 atom stereocenters. The van der Waals surface area contributed by atoms with Crippen LogP contribution in [-0.2, 0) is 9.47 Å². The Morgan fingerprint density at radius 3 is 2.76 bits per heavy atom. The molecule has 6 nitrogen and oxygen atoms in total. The average Bonchev–Trinajstić information content (AvgIpc) is 2.76. The number of rotatable bonds is 2. The molecular weight excluding hydrogens is 244 g/mol. The number of nitrogens with zero attached hydrogens (tertiary/aromatic N) is 1. The third kappa shape index (κ3) is 2.30. The smallest absolute Gasteiger partial charge is 0.159 e.